The Bertz CT molecular complexity index is 713. The van der Waals surface area contributed by atoms with Gasteiger partial charge in [0.2, 0.25) is 11.7 Å². The first-order chi connectivity index (χ1) is 15.9. The van der Waals surface area contributed by atoms with Gasteiger partial charge in [-0.1, -0.05) is 68.9 Å². The van der Waals surface area contributed by atoms with Crippen LogP contribution in [0.1, 0.15) is 84.5 Å². The van der Waals surface area contributed by atoms with E-state index in [-0.39, 0.29) is 24.3 Å². The lowest BCUT2D eigenvalue weighted by molar-refractivity contribution is -0.152. The van der Waals surface area contributed by atoms with E-state index in [1.54, 1.807) is 13.2 Å². The van der Waals surface area contributed by atoms with Gasteiger partial charge in [0.1, 0.15) is 0 Å². The van der Waals surface area contributed by atoms with Gasteiger partial charge in [0.15, 0.2) is 6.10 Å². The Hall–Kier alpha value is -1.92. The molecule has 1 aliphatic carbocycles. The van der Waals surface area contributed by atoms with Crippen LogP contribution in [-0.2, 0) is 23.9 Å². The molecule has 1 unspecified atom stereocenters. The molecule has 0 aromatic heterocycles. The molecule has 0 heterocycles. The Morgan fingerprint density at radius 1 is 1.24 bits per heavy atom. The van der Waals surface area contributed by atoms with Crippen LogP contribution in [-0.4, -0.2) is 43.5 Å². The molecule has 1 aliphatic rings. The van der Waals surface area contributed by atoms with E-state index in [9.17, 15) is 14.4 Å². The minimum absolute atomic E-state index is 0.115. The van der Waals surface area contributed by atoms with E-state index in [1.165, 1.54) is 44.6 Å². The number of rotatable bonds is 16. The Kier molecular flexibility index (Phi) is 15.5. The standard InChI is InChI=1S/C26H40ClNO5/c1-4-5-6-7-9-13-22(32-3)14-10-8-11-17-25(30)28-19-21(18-27)23-15-12-16-24(26(23)31)33-20(2)29/h8,10,15,18,22,24H,4-7,9,11-14,16-17,19H2,1-3H3,(H,28,30)/b10-8+,21-18-/t22?,24-/m1/s1. The Morgan fingerprint density at radius 3 is 2.67 bits per heavy atom. The first-order valence-electron chi connectivity index (χ1n) is 12.1. The van der Waals surface area contributed by atoms with Crippen molar-refractivity contribution in [2.45, 2.75) is 96.7 Å². The predicted molar refractivity (Wildman–Crippen MR) is 132 cm³/mol. The largest absolute Gasteiger partial charge is 0.454 e. The number of ketones is 1. The average Bonchev–Trinajstić information content (AvgIpc) is 2.79. The third-order valence-corrected chi connectivity index (χ3v) is 5.93. The molecule has 33 heavy (non-hydrogen) atoms. The molecule has 186 valence electrons. The molecule has 0 saturated heterocycles. The summed E-state index contributed by atoms with van der Waals surface area (Å²) in [7, 11) is 1.75. The maximum absolute atomic E-state index is 12.6. The number of ether oxygens (including phenoxy) is 2. The molecule has 1 amide bonds. The molecule has 6 nitrogen and oxygen atoms in total. The van der Waals surface area contributed by atoms with Gasteiger partial charge in [-0.15, -0.1) is 0 Å². The van der Waals surface area contributed by atoms with E-state index in [2.05, 4.69) is 18.3 Å². The molecular weight excluding hydrogens is 442 g/mol. The monoisotopic (exact) mass is 481 g/mol. The highest BCUT2D eigenvalue weighted by molar-refractivity contribution is 6.26. The van der Waals surface area contributed by atoms with Crippen LogP contribution in [0.25, 0.3) is 0 Å². The number of hydrogen-bond donors (Lipinski definition) is 1. The second-order valence-electron chi connectivity index (χ2n) is 8.37. The van der Waals surface area contributed by atoms with E-state index in [0.29, 0.717) is 36.8 Å². The molecule has 1 N–H and O–H groups in total. The number of amides is 1. The summed E-state index contributed by atoms with van der Waals surface area (Å²) in [4.78, 5) is 36.0. The molecule has 0 aromatic carbocycles. The van der Waals surface area contributed by atoms with Crippen LogP contribution in [0.15, 0.2) is 34.9 Å². The van der Waals surface area contributed by atoms with Gasteiger partial charge in [0.05, 0.1) is 6.10 Å². The lowest BCUT2D eigenvalue weighted by atomic mass is 9.90. The van der Waals surface area contributed by atoms with Gasteiger partial charge in [-0.3, -0.25) is 14.4 Å². The van der Waals surface area contributed by atoms with Crippen LogP contribution in [0.2, 0.25) is 0 Å². The van der Waals surface area contributed by atoms with Crippen LogP contribution in [0, 0.1) is 0 Å². The van der Waals surface area contributed by atoms with Crippen molar-refractivity contribution in [2.24, 2.45) is 0 Å². The van der Waals surface area contributed by atoms with Crippen LogP contribution >= 0.6 is 11.6 Å². The van der Waals surface area contributed by atoms with Crippen molar-refractivity contribution in [3.63, 3.8) is 0 Å². The van der Waals surface area contributed by atoms with Gasteiger partial charge in [-0.2, -0.15) is 0 Å². The van der Waals surface area contributed by atoms with Gasteiger partial charge in [0.25, 0.3) is 0 Å². The first kappa shape index (κ1) is 29.1. The lowest BCUT2D eigenvalue weighted by Crippen LogP contribution is -2.33. The number of carbonyl (C=O) groups excluding carboxylic acids is 3. The van der Waals surface area contributed by atoms with Gasteiger partial charge < -0.3 is 14.8 Å². The fourth-order valence-electron chi connectivity index (χ4n) is 3.75. The second-order valence-corrected chi connectivity index (χ2v) is 8.59. The summed E-state index contributed by atoms with van der Waals surface area (Å²) < 4.78 is 10.6. The van der Waals surface area contributed by atoms with Crippen LogP contribution in [0.5, 0.6) is 0 Å². The van der Waals surface area contributed by atoms with Gasteiger partial charge in [-0.05, 0) is 37.7 Å². The summed E-state index contributed by atoms with van der Waals surface area (Å²) in [5.74, 6) is -0.884. The quantitative estimate of drug-likeness (QED) is 0.177. The number of Topliss-reactive ketones (excluding diaryl/α,β-unsaturated/α-hetero) is 1. The number of methoxy groups -OCH3 is 1. The molecule has 0 fully saturated rings. The maximum atomic E-state index is 12.6. The Morgan fingerprint density at radius 2 is 2.00 bits per heavy atom. The topological polar surface area (TPSA) is 81.7 Å². The van der Waals surface area contributed by atoms with Crippen molar-refractivity contribution in [2.75, 3.05) is 13.7 Å². The summed E-state index contributed by atoms with van der Waals surface area (Å²) in [6, 6.07) is 0. The molecule has 0 saturated carbocycles. The molecule has 0 bridgehead atoms. The molecule has 0 radical (unpaired) electrons. The van der Waals surface area contributed by atoms with Crippen molar-refractivity contribution >= 4 is 29.3 Å². The number of halogens is 1. The SMILES string of the molecule is CCCCCCCC(C/C=C/CCC(=O)NC/C(=C/Cl)C1=CCC[C@@H](OC(C)=O)C1=O)OC. The highest BCUT2D eigenvalue weighted by atomic mass is 35.5. The van der Waals surface area contributed by atoms with Crippen molar-refractivity contribution in [3.8, 4) is 0 Å². The van der Waals surface area contributed by atoms with Crippen LogP contribution in [0.4, 0.5) is 0 Å². The minimum atomic E-state index is -0.790. The lowest BCUT2D eigenvalue weighted by Gasteiger charge is -2.22. The number of nitrogens with one attached hydrogen (secondary N) is 1. The Balaban J connectivity index is 2.34. The third kappa shape index (κ3) is 12.2. The molecule has 0 spiro atoms. The highest BCUT2D eigenvalue weighted by Crippen LogP contribution is 2.24. The molecule has 2 atom stereocenters. The number of allylic oxidation sites excluding steroid dienone is 2. The third-order valence-electron chi connectivity index (χ3n) is 5.66. The Labute approximate surface area is 203 Å². The average molecular weight is 482 g/mol. The zero-order valence-corrected chi connectivity index (χ0v) is 21.1. The summed E-state index contributed by atoms with van der Waals surface area (Å²) in [5, 5.41) is 2.81. The van der Waals surface area contributed by atoms with E-state index in [0.717, 1.165) is 12.8 Å². The zero-order chi connectivity index (χ0) is 24.5. The van der Waals surface area contributed by atoms with E-state index in [4.69, 9.17) is 21.1 Å². The summed E-state index contributed by atoms with van der Waals surface area (Å²) in [6.45, 7) is 3.65. The number of esters is 1. The molecule has 1 rings (SSSR count). The maximum Gasteiger partial charge on any atom is 0.303 e. The van der Waals surface area contributed by atoms with E-state index >= 15 is 0 Å². The van der Waals surface area contributed by atoms with Crippen molar-refractivity contribution in [1.82, 2.24) is 5.32 Å². The highest BCUT2D eigenvalue weighted by Gasteiger charge is 2.29. The fourth-order valence-corrected chi connectivity index (χ4v) is 3.94. The van der Waals surface area contributed by atoms with E-state index < -0.39 is 12.1 Å². The van der Waals surface area contributed by atoms with Crippen molar-refractivity contribution in [1.29, 1.82) is 0 Å². The van der Waals surface area contributed by atoms with Crippen LogP contribution < -0.4 is 5.32 Å². The number of carbonyl (C=O) groups is 3. The minimum Gasteiger partial charge on any atom is -0.454 e. The zero-order valence-electron chi connectivity index (χ0n) is 20.4. The van der Waals surface area contributed by atoms with Crippen molar-refractivity contribution < 1.29 is 23.9 Å². The van der Waals surface area contributed by atoms with E-state index in [1.807, 2.05) is 6.08 Å². The summed E-state index contributed by atoms with van der Waals surface area (Å²) >= 11 is 5.92. The predicted octanol–water partition coefficient (Wildman–Crippen LogP) is 5.55. The van der Waals surface area contributed by atoms with Crippen LogP contribution in [0.3, 0.4) is 0 Å². The van der Waals surface area contributed by atoms with Gasteiger partial charge in [0, 0.05) is 38.1 Å². The number of unbranched alkanes of at least 4 members (excludes halogenated alkanes) is 4. The molecule has 0 aliphatic heterocycles. The van der Waals surface area contributed by atoms with Gasteiger partial charge >= 0.3 is 5.97 Å². The normalized spacial score (nSPS) is 17.7. The molecule has 0 aromatic rings. The number of hydrogen-bond acceptors (Lipinski definition) is 5. The molecular formula is C26H40ClNO5. The summed E-state index contributed by atoms with van der Waals surface area (Å²) in [6.07, 6.45) is 15.5. The van der Waals surface area contributed by atoms with Gasteiger partial charge in [-0.25, -0.2) is 0 Å². The second kappa shape index (κ2) is 17.5. The molecule has 7 heteroatoms. The first-order valence-corrected chi connectivity index (χ1v) is 12.5. The smallest absolute Gasteiger partial charge is 0.303 e. The summed E-state index contributed by atoms with van der Waals surface area (Å²) in [5.41, 5.74) is 2.22. The fraction of sp³-hybridized carbons (Fsp3) is 0.654. The van der Waals surface area contributed by atoms with Crippen molar-refractivity contribution in [3.05, 3.63) is 34.9 Å².